The molecule has 0 bridgehead atoms. The minimum atomic E-state index is -0.916. The predicted molar refractivity (Wildman–Crippen MR) is 79.5 cm³/mol. The summed E-state index contributed by atoms with van der Waals surface area (Å²) in [6.45, 7) is 4.54. The van der Waals surface area contributed by atoms with E-state index >= 15 is 0 Å². The fourth-order valence-corrected chi connectivity index (χ4v) is 3.03. The van der Waals surface area contributed by atoms with Gasteiger partial charge in [0, 0.05) is 6.04 Å². The molecule has 1 aliphatic carbocycles. The Kier molecular flexibility index (Phi) is 4.53. The molecule has 1 aliphatic rings. The van der Waals surface area contributed by atoms with Crippen LogP contribution in [0.2, 0.25) is 0 Å². The summed E-state index contributed by atoms with van der Waals surface area (Å²) in [4.78, 5) is 11.1. The van der Waals surface area contributed by atoms with Gasteiger partial charge in [-0.1, -0.05) is 13.8 Å². The molecule has 1 aromatic carbocycles. The summed E-state index contributed by atoms with van der Waals surface area (Å²) in [5.74, 6) is 1.13. The van der Waals surface area contributed by atoms with Gasteiger partial charge < -0.3 is 15.2 Å². The lowest BCUT2D eigenvalue weighted by molar-refractivity contribution is 0.0697. The third-order valence-corrected chi connectivity index (χ3v) is 4.22. The normalized spacial score (nSPS) is 26.1. The van der Waals surface area contributed by atoms with Gasteiger partial charge >= 0.3 is 5.97 Å². The number of hydrogen-bond acceptors (Lipinski definition) is 3. The van der Waals surface area contributed by atoms with Crippen molar-refractivity contribution in [2.24, 2.45) is 11.8 Å². The van der Waals surface area contributed by atoms with Crippen LogP contribution in [0.1, 0.15) is 43.5 Å². The van der Waals surface area contributed by atoms with E-state index in [4.69, 9.17) is 9.84 Å². The molecular weight excluding hydrogens is 254 g/mol. The van der Waals surface area contributed by atoms with Crippen molar-refractivity contribution >= 4 is 11.7 Å². The average Bonchev–Trinajstić information content (AvgIpc) is 2.41. The maximum atomic E-state index is 11.1. The molecule has 4 nitrogen and oxygen atoms in total. The number of carbonyl (C=O) groups is 1. The first kappa shape index (κ1) is 14.7. The van der Waals surface area contributed by atoms with E-state index in [1.165, 1.54) is 12.8 Å². The van der Waals surface area contributed by atoms with Crippen molar-refractivity contribution in [1.29, 1.82) is 0 Å². The van der Waals surface area contributed by atoms with Gasteiger partial charge in [-0.25, -0.2) is 4.79 Å². The molecule has 0 aliphatic heterocycles. The second-order valence-electron chi connectivity index (χ2n) is 5.87. The van der Waals surface area contributed by atoms with E-state index < -0.39 is 5.97 Å². The quantitative estimate of drug-likeness (QED) is 0.882. The lowest BCUT2D eigenvalue weighted by atomic mass is 9.80. The molecule has 0 aromatic heterocycles. The van der Waals surface area contributed by atoms with Crippen LogP contribution in [0.25, 0.3) is 0 Å². The molecule has 0 saturated heterocycles. The molecule has 110 valence electrons. The highest BCUT2D eigenvalue weighted by Crippen LogP contribution is 2.33. The second-order valence-corrected chi connectivity index (χ2v) is 5.87. The van der Waals surface area contributed by atoms with E-state index in [0.29, 0.717) is 17.7 Å². The Morgan fingerprint density at radius 2 is 2.10 bits per heavy atom. The molecule has 2 rings (SSSR count). The van der Waals surface area contributed by atoms with Crippen molar-refractivity contribution in [1.82, 2.24) is 0 Å². The fraction of sp³-hybridized carbons (Fsp3) is 0.562. The number of methoxy groups -OCH3 is 1. The van der Waals surface area contributed by atoms with Crippen LogP contribution in [0.4, 0.5) is 5.69 Å². The SMILES string of the molecule is COc1ccc(C(=O)O)cc1NC1CCC(C)CC1C. The number of carboxylic acids is 1. The van der Waals surface area contributed by atoms with Gasteiger partial charge in [0.05, 0.1) is 18.4 Å². The number of nitrogens with one attached hydrogen (secondary N) is 1. The minimum Gasteiger partial charge on any atom is -0.495 e. The highest BCUT2D eigenvalue weighted by molar-refractivity contribution is 5.89. The summed E-state index contributed by atoms with van der Waals surface area (Å²) in [6, 6.07) is 5.32. The first-order chi connectivity index (χ1) is 9.51. The standard InChI is InChI=1S/C16H23NO3/c1-10-4-6-13(11(2)8-10)17-14-9-12(16(18)19)5-7-15(14)20-3/h5,7,9-11,13,17H,4,6,8H2,1-3H3,(H,18,19). The third kappa shape index (κ3) is 3.24. The highest BCUT2D eigenvalue weighted by Gasteiger charge is 2.26. The summed E-state index contributed by atoms with van der Waals surface area (Å²) >= 11 is 0. The molecular formula is C16H23NO3. The van der Waals surface area contributed by atoms with E-state index in [1.807, 2.05) is 0 Å². The summed E-state index contributed by atoms with van der Waals surface area (Å²) < 4.78 is 5.32. The Balaban J connectivity index is 2.18. The van der Waals surface area contributed by atoms with Gasteiger partial charge in [0.15, 0.2) is 0 Å². The number of ether oxygens (including phenoxy) is 1. The van der Waals surface area contributed by atoms with Gasteiger partial charge in [0.1, 0.15) is 5.75 Å². The first-order valence-corrected chi connectivity index (χ1v) is 7.19. The van der Waals surface area contributed by atoms with Gasteiger partial charge in [-0.05, 0) is 49.3 Å². The summed E-state index contributed by atoms with van der Waals surface area (Å²) in [6.07, 6.45) is 3.53. The molecule has 0 spiro atoms. The minimum absolute atomic E-state index is 0.283. The van der Waals surface area contributed by atoms with E-state index in [0.717, 1.165) is 18.0 Å². The van der Waals surface area contributed by atoms with Gasteiger partial charge in [-0.3, -0.25) is 0 Å². The topological polar surface area (TPSA) is 58.6 Å². The predicted octanol–water partition coefficient (Wildman–Crippen LogP) is 3.63. The molecule has 2 N–H and O–H groups in total. The molecule has 1 aromatic rings. The molecule has 0 heterocycles. The Hall–Kier alpha value is -1.71. The average molecular weight is 277 g/mol. The van der Waals surface area contributed by atoms with Crippen LogP contribution in [-0.2, 0) is 0 Å². The number of rotatable bonds is 4. The van der Waals surface area contributed by atoms with Crippen molar-refractivity contribution in [2.45, 2.75) is 39.2 Å². The Bertz CT molecular complexity index is 487. The zero-order valence-corrected chi connectivity index (χ0v) is 12.3. The molecule has 20 heavy (non-hydrogen) atoms. The van der Waals surface area contributed by atoms with E-state index in [-0.39, 0.29) is 5.56 Å². The van der Waals surface area contributed by atoms with Crippen LogP contribution < -0.4 is 10.1 Å². The molecule has 1 fully saturated rings. The smallest absolute Gasteiger partial charge is 0.335 e. The van der Waals surface area contributed by atoms with Gasteiger partial charge in [-0.15, -0.1) is 0 Å². The second kappa shape index (κ2) is 6.16. The van der Waals surface area contributed by atoms with Crippen LogP contribution >= 0.6 is 0 Å². The van der Waals surface area contributed by atoms with Crippen LogP contribution in [0, 0.1) is 11.8 Å². The number of hydrogen-bond donors (Lipinski definition) is 2. The number of anilines is 1. The van der Waals surface area contributed by atoms with Crippen LogP contribution in [0.5, 0.6) is 5.75 Å². The Morgan fingerprint density at radius 3 is 2.70 bits per heavy atom. The zero-order valence-electron chi connectivity index (χ0n) is 12.3. The number of aromatic carboxylic acids is 1. The molecule has 4 heteroatoms. The van der Waals surface area contributed by atoms with E-state index in [1.54, 1.807) is 25.3 Å². The monoisotopic (exact) mass is 277 g/mol. The van der Waals surface area contributed by atoms with E-state index in [2.05, 4.69) is 19.2 Å². The highest BCUT2D eigenvalue weighted by atomic mass is 16.5. The first-order valence-electron chi connectivity index (χ1n) is 7.19. The number of carboxylic acid groups (broad SMARTS) is 1. The molecule has 0 amide bonds. The third-order valence-electron chi connectivity index (χ3n) is 4.22. The van der Waals surface area contributed by atoms with Crippen molar-refractivity contribution in [2.75, 3.05) is 12.4 Å². The van der Waals surface area contributed by atoms with Gasteiger partial charge in [0.2, 0.25) is 0 Å². The van der Waals surface area contributed by atoms with Gasteiger partial charge in [0.25, 0.3) is 0 Å². The Morgan fingerprint density at radius 1 is 1.35 bits per heavy atom. The lowest BCUT2D eigenvalue weighted by Crippen LogP contribution is -2.33. The van der Waals surface area contributed by atoms with Crippen molar-refractivity contribution < 1.29 is 14.6 Å². The molecule has 1 saturated carbocycles. The molecule has 3 atom stereocenters. The maximum Gasteiger partial charge on any atom is 0.335 e. The van der Waals surface area contributed by atoms with Crippen molar-refractivity contribution in [3.8, 4) is 5.75 Å². The summed E-state index contributed by atoms with van der Waals surface area (Å²) in [5.41, 5.74) is 1.06. The largest absolute Gasteiger partial charge is 0.495 e. The summed E-state index contributed by atoms with van der Waals surface area (Å²) in [7, 11) is 1.60. The van der Waals surface area contributed by atoms with E-state index in [9.17, 15) is 4.79 Å². The zero-order chi connectivity index (χ0) is 14.7. The van der Waals surface area contributed by atoms with Crippen molar-refractivity contribution in [3.05, 3.63) is 23.8 Å². The fourth-order valence-electron chi connectivity index (χ4n) is 3.03. The maximum absolute atomic E-state index is 11.1. The van der Waals surface area contributed by atoms with Crippen molar-refractivity contribution in [3.63, 3.8) is 0 Å². The molecule has 3 unspecified atom stereocenters. The van der Waals surface area contributed by atoms with Crippen LogP contribution in [0.15, 0.2) is 18.2 Å². The summed E-state index contributed by atoms with van der Waals surface area (Å²) in [5, 5.41) is 12.6. The Labute approximate surface area is 120 Å². The molecule has 0 radical (unpaired) electrons. The number of benzene rings is 1. The van der Waals surface area contributed by atoms with Crippen LogP contribution in [-0.4, -0.2) is 24.2 Å². The van der Waals surface area contributed by atoms with Gasteiger partial charge in [-0.2, -0.15) is 0 Å². The van der Waals surface area contributed by atoms with Crippen LogP contribution in [0.3, 0.4) is 0 Å². The lowest BCUT2D eigenvalue weighted by Gasteiger charge is -2.34.